The molecular weight excluding hydrogens is 356 g/mol. The number of benzene rings is 1. The van der Waals surface area contributed by atoms with Gasteiger partial charge >= 0.3 is 18.1 Å². The van der Waals surface area contributed by atoms with Gasteiger partial charge in [0.1, 0.15) is 22.8 Å². The topological polar surface area (TPSA) is 55.1 Å². The Kier molecular flexibility index (Phi) is 4.02. The molecule has 0 aliphatic rings. The van der Waals surface area contributed by atoms with Crippen LogP contribution in [-0.2, 0) is 5.92 Å². The first-order valence-electron chi connectivity index (χ1n) is 5.79. The predicted molar refractivity (Wildman–Crippen MR) is 60.3 cm³/mol. The van der Waals surface area contributed by atoms with Gasteiger partial charge < -0.3 is 5.11 Å². The lowest BCUT2D eigenvalue weighted by Crippen LogP contribution is -2.37. The third-order valence-corrected chi connectivity index (χ3v) is 2.85. The van der Waals surface area contributed by atoms with Crippen LogP contribution in [0.15, 0.2) is 18.3 Å². The largest absolute Gasteiger partial charge is 0.478 e. The second-order valence-corrected chi connectivity index (χ2v) is 4.41. The molecule has 0 bridgehead atoms. The number of carboxylic acids is 1. The Balaban J connectivity index is 2.87. The molecule has 1 heterocycles. The fourth-order valence-corrected chi connectivity index (χ4v) is 1.85. The summed E-state index contributed by atoms with van der Waals surface area (Å²) in [5.41, 5.74) is -5.52. The van der Waals surface area contributed by atoms with Crippen LogP contribution in [0.3, 0.4) is 0 Å². The SMILES string of the molecule is O=C(O)c1cnn(-c2c(F)cc(F)cc2F)c1C(F)(F)C(F)(F)F. The lowest BCUT2D eigenvalue weighted by molar-refractivity contribution is -0.291. The van der Waals surface area contributed by atoms with Crippen molar-refractivity contribution in [3.63, 3.8) is 0 Å². The average Bonchev–Trinajstić information content (AvgIpc) is 2.81. The van der Waals surface area contributed by atoms with Crippen molar-refractivity contribution in [1.29, 1.82) is 0 Å². The quantitative estimate of drug-likeness (QED) is 0.851. The summed E-state index contributed by atoms with van der Waals surface area (Å²) < 4.78 is 105. The fraction of sp³-hybridized carbons (Fsp3) is 0.167. The molecule has 0 fully saturated rings. The maximum Gasteiger partial charge on any atom is 0.459 e. The third-order valence-electron chi connectivity index (χ3n) is 2.85. The van der Waals surface area contributed by atoms with Gasteiger partial charge in [0.2, 0.25) is 0 Å². The third kappa shape index (κ3) is 2.67. The number of hydrogen-bond acceptors (Lipinski definition) is 2. The van der Waals surface area contributed by atoms with Crippen molar-refractivity contribution in [2.45, 2.75) is 12.1 Å². The minimum atomic E-state index is -6.28. The molecule has 0 saturated carbocycles. The van der Waals surface area contributed by atoms with E-state index in [0.29, 0.717) is 0 Å². The average molecular weight is 360 g/mol. The zero-order valence-electron chi connectivity index (χ0n) is 11.0. The van der Waals surface area contributed by atoms with Gasteiger partial charge in [-0.15, -0.1) is 0 Å². The van der Waals surface area contributed by atoms with Crippen molar-refractivity contribution in [1.82, 2.24) is 9.78 Å². The van der Waals surface area contributed by atoms with Gasteiger partial charge in [0.05, 0.1) is 6.20 Å². The molecule has 12 heteroatoms. The van der Waals surface area contributed by atoms with Gasteiger partial charge in [0.25, 0.3) is 0 Å². The van der Waals surface area contributed by atoms with Gasteiger partial charge in [0, 0.05) is 12.1 Å². The van der Waals surface area contributed by atoms with Crippen LogP contribution in [0.5, 0.6) is 0 Å². The van der Waals surface area contributed by atoms with E-state index in [1.54, 1.807) is 0 Å². The number of aromatic carboxylic acids is 1. The van der Waals surface area contributed by atoms with Crippen molar-refractivity contribution in [2.24, 2.45) is 0 Å². The van der Waals surface area contributed by atoms with Crippen LogP contribution in [0.4, 0.5) is 35.1 Å². The Hall–Kier alpha value is -2.66. The second kappa shape index (κ2) is 5.46. The summed E-state index contributed by atoms with van der Waals surface area (Å²) in [7, 11) is 0. The molecule has 4 nitrogen and oxygen atoms in total. The smallest absolute Gasteiger partial charge is 0.459 e. The molecule has 0 unspecified atom stereocenters. The molecule has 1 aromatic carbocycles. The van der Waals surface area contributed by atoms with Crippen LogP contribution in [0.2, 0.25) is 0 Å². The predicted octanol–water partition coefficient (Wildman–Crippen LogP) is 3.64. The Morgan fingerprint density at radius 3 is 1.96 bits per heavy atom. The standard InChI is InChI=1S/C12H4F8N2O2/c13-4-1-6(14)8(7(15)2-4)22-9(5(3-21-22)10(23)24)11(16,17)12(18,19)20/h1-3H,(H,23,24). The van der Waals surface area contributed by atoms with E-state index in [4.69, 9.17) is 5.11 Å². The number of halogens is 8. The number of alkyl halides is 5. The summed E-state index contributed by atoms with van der Waals surface area (Å²) in [6.45, 7) is 0. The molecule has 0 atom stereocenters. The van der Waals surface area contributed by atoms with Crippen molar-refractivity contribution < 1.29 is 45.0 Å². The number of hydrogen-bond donors (Lipinski definition) is 1. The minimum Gasteiger partial charge on any atom is -0.478 e. The molecule has 0 radical (unpaired) electrons. The molecule has 1 aromatic heterocycles. The minimum absolute atomic E-state index is 0.00997. The van der Waals surface area contributed by atoms with Crippen LogP contribution in [0, 0.1) is 17.5 Å². The maximum absolute atomic E-state index is 13.7. The fourth-order valence-electron chi connectivity index (χ4n) is 1.85. The second-order valence-electron chi connectivity index (χ2n) is 4.41. The first-order valence-corrected chi connectivity index (χ1v) is 5.79. The molecule has 0 amide bonds. The zero-order chi connectivity index (χ0) is 18.4. The first kappa shape index (κ1) is 17.7. The Labute approximate surface area is 126 Å². The van der Waals surface area contributed by atoms with Gasteiger partial charge in [-0.2, -0.15) is 27.1 Å². The van der Waals surface area contributed by atoms with E-state index in [1.165, 1.54) is 0 Å². The van der Waals surface area contributed by atoms with Crippen LogP contribution in [0.1, 0.15) is 16.1 Å². The summed E-state index contributed by atoms with van der Waals surface area (Å²) >= 11 is 0. The van der Waals surface area contributed by atoms with E-state index in [-0.39, 0.29) is 18.3 Å². The van der Waals surface area contributed by atoms with E-state index in [2.05, 4.69) is 5.10 Å². The van der Waals surface area contributed by atoms with Crippen LogP contribution in [-0.4, -0.2) is 27.0 Å². The molecule has 2 rings (SSSR count). The van der Waals surface area contributed by atoms with E-state index in [1.807, 2.05) is 0 Å². The van der Waals surface area contributed by atoms with Crippen molar-refractivity contribution >= 4 is 5.97 Å². The van der Waals surface area contributed by atoms with Gasteiger partial charge in [-0.25, -0.2) is 22.6 Å². The van der Waals surface area contributed by atoms with Crippen LogP contribution < -0.4 is 0 Å². The number of carbonyl (C=O) groups is 1. The molecule has 2 aromatic rings. The highest BCUT2D eigenvalue weighted by molar-refractivity contribution is 5.89. The normalized spacial score (nSPS) is 12.5. The molecular formula is C12H4F8N2O2. The van der Waals surface area contributed by atoms with E-state index in [0.717, 1.165) is 0 Å². The lowest BCUT2D eigenvalue weighted by atomic mass is 10.1. The van der Waals surface area contributed by atoms with Crippen LogP contribution in [0.25, 0.3) is 5.69 Å². The summed E-state index contributed by atoms with van der Waals surface area (Å²) in [6.07, 6.45) is -6.21. The highest BCUT2D eigenvalue weighted by atomic mass is 19.4. The highest BCUT2D eigenvalue weighted by Crippen LogP contribution is 2.46. The molecule has 0 aliphatic heterocycles. The van der Waals surface area contributed by atoms with E-state index >= 15 is 0 Å². The van der Waals surface area contributed by atoms with Crippen molar-refractivity contribution in [3.8, 4) is 5.69 Å². The lowest BCUT2D eigenvalue weighted by Gasteiger charge is -2.21. The summed E-state index contributed by atoms with van der Waals surface area (Å²) in [4.78, 5) is 10.9. The molecule has 130 valence electrons. The molecule has 0 aliphatic carbocycles. The Morgan fingerprint density at radius 1 is 1.04 bits per heavy atom. The number of carboxylic acid groups (broad SMARTS) is 1. The Bertz CT molecular complexity index is 789. The summed E-state index contributed by atoms with van der Waals surface area (Å²) in [6, 6.07) is 0.0199. The van der Waals surface area contributed by atoms with Gasteiger partial charge in [-0.1, -0.05) is 0 Å². The summed E-state index contributed by atoms with van der Waals surface area (Å²) in [5.74, 6) is -13.2. The van der Waals surface area contributed by atoms with Gasteiger partial charge in [-0.3, -0.25) is 0 Å². The number of nitrogens with zero attached hydrogens (tertiary/aromatic N) is 2. The first-order chi connectivity index (χ1) is 10.9. The monoisotopic (exact) mass is 360 g/mol. The highest BCUT2D eigenvalue weighted by Gasteiger charge is 2.62. The number of rotatable bonds is 3. The molecule has 24 heavy (non-hydrogen) atoms. The van der Waals surface area contributed by atoms with Gasteiger partial charge in [-0.05, 0) is 0 Å². The maximum atomic E-state index is 13.7. The number of aromatic nitrogens is 2. The Morgan fingerprint density at radius 2 is 1.54 bits per heavy atom. The van der Waals surface area contributed by atoms with Crippen molar-refractivity contribution in [3.05, 3.63) is 47.0 Å². The zero-order valence-corrected chi connectivity index (χ0v) is 11.0. The molecule has 1 N–H and O–H groups in total. The van der Waals surface area contributed by atoms with Gasteiger partial charge in [0.15, 0.2) is 11.6 Å². The van der Waals surface area contributed by atoms with Crippen LogP contribution >= 0.6 is 0 Å². The summed E-state index contributed by atoms with van der Waals surface area (Å²) in [5, 5.41) is 11.6. The molecule has 0 saturated heterocycles. The van der Waals surface area contributed by atoms with E-state index in [9.17, 15) is 39.9 Å². The molecule has 0 spiro atoms. The van der Waals surface area contributed by atoms with E-state index < -0.39 is 57.1 Å². The van der Waals surface area contributed by atoms with Crippen molar-refractivity contribution in [2.75, 3.05) is 0 Å².